The van der Waals surface area contributed by atoms with Crippen molar-refractivity contribution in [2.24, 2.45) is 0 Å². The molecule has 0 unspecified atom stereocenters. The topological polar surface area (TPSA) is 29.1 Å². The van der Waals surface area contributed by atoms with Crippen molar-refractivity contribution in [1.29, 1.82) is 0 Å². The molecule has 1 amide bonds. The van der Waals surface area contributed by atoms with Gasteiger partial charge in [-0.1, -0.05) is 90.5 Å². The van der Waals surface area contributed by atoms with Gasteiger partial charge in [0.05, 0.1) is 0 Å². The van der Waals surface area contributed by atoms with Crippen molar-refractivity contribution in [3.05, 3.63) is 41.0 Å². The van der Waals surface area contributed by atoms with Crippen molar-refractivity contribution in [1.82, 2.24) is 0 Å². The first-order chi connectivity index (χ1) is 13.0. The number of nitrogens with one attached hydrogen (secondary N) is 1. The number of rotatable bonds is 4. The zero-order chi connectivity index (χ0) is 19.6. The predicted molar refractivity (Wildman–Crippen MR) is 118 cm³/mol. The Labute approximate surface area is 166 Å². The Morgan fingerprint density at radius 1 is 0.815 bits per heavy atom. The number of para-hydroxylation sites is 1. The number of hydrogen-bond acceptors (Lipinski definition) is 1. The fourth-order valence-electron chi connectivity index (χ4n) is 3.99. The van der Waals surface area contributed by atoms with Crippen LogP contribution in [0.4, 0.5) is 5.69 Å². The molecule has 150 valence electrons. The molecule has 2 heteroatoms. The molecule has 0 aromatic heterocycles. The number of allylic oxidation sites excluding steroid dienone is 1. The Balaban J connectivity index is 2.20. The molecular weight excluding hydrogens is 330 g/mol. The van der Waals surface area contributed by atoms with E-state index < -0.39 is 0 Å². The second-order valence-electron chi connectivity index (χ2n) is 8.67. The summed E-state index contributed by atoms with van der Waals surface area (Å²) in [6, 6.07) is 6.43. The zero-order valence-electron chi connectivity index (χ0n) is 17.9. The summed E-state index contributed by atoms with van der Waals surface area (Å²) in [5.41, 5.74) is 4.51. The molecule has 1 aliphatic carbocycles. The molecule has 1 aromatic carbocycles. The summed E-state index contributed by atoms with van der Waals surface area (Å²) < 4.78 is 0. The van der Waals surface area contributed by atoms with Gasteiger partial charge in [0.1, 0.15) is 0 Å². The van der Waals surface area contributed by atoms with Gasteiger partial charge in [0.15, 0.2) is 0 Å². The molecule has 0 atom stereocenters. The number of carbonyl (C=O) groups excluding carboxylic acids is 1. The highest BCUT2D eigenvalue weighted by Crippen LogP contribution is 2.33. The summed E-state index contributed by atoms with van der Waals surface area (Å²) in [5.74, 6) is 0.899. The molecule has 27 heavy (non-hydrogen) atoms. The standard InChI is InChI=1S/C25H39NO/c1-19(2)22-17-14-18-23(20(3)4)24(22)26-25(27)21-15-12-10-8-6-5-7-9-11-13-16-21/h14-15,17-20H,5-13,16H2,1-4H3,(H,26,27)/b21-15+. The molecule has 2 nitrogen and oxygen atoms in total. The van der Waals surface area contributed by atoms with Crippen LogP contribution in [-0.4, -0.2) is 5.91 Å². The molecule has 0 spiro atoms. The molecule has 1 aliphatic rings. The van der Waals surface area contributed by atoms with Crippen LogP contribution in [0.5, 0.6) is 0 Å². The fourth-order valence-corrected chi connectivity index (χ4v) is 3.99. The van der Waals surface area contributed by atoms with Crippen molar-refractivity contribution < 1.29 is 4.79 Å². The summed E-state index contributed by atoms with van der Waals surface area (Å²) in [6.07, 6.45) is 14.4. The van der Waals surface area contributed by atoms with Crippen LogP contribution < -0.4 is 5.32 Å². The van der Waals surface area contributed by atoms with E-state index in [-0.39, 0.29) is 5.91 Å². The molecule has 0 fully saturated rings. The highest BCUT2D eigenvalue weighted by molar-refractivity contribution is 6.04. The van der Waals surface area contributed by atoms with Gasteiger partial charge in [-0.3, -0.25) is 4.79 Å². The zero-order valence-corrected chi connectivity index (χ0v) is 17.9. The molecule has 0 bridgehead atoms. The SMILES string of the molecule is CC(C)c1cccc(C(C)C)c1NC(=O)/C1=C/CCCCCCCCCC1. The minimum absolute atomic E-state index is 0.113. The van der Waals surface area contributed by atoms with E-state index >= 15 is 0 Å². The normalized spacial score (nSPS) is 19.1. The Morgan fingerprint density at radius 3 is 1.89 bits per heavy atom. The quantitative estimate of drug-likeness (QED) is 0.578. The monoisotopic (exact) mass is 369 g/mol. The summed E-state index contributed by atoms with van der Waals surface area (Å²) >= 11 is 0. The fraction of sp³-hybridized carbons (Fsp3) is 0.640. The van der Waals surface area contributed by atoms with E-state index in [0.29, 0.717) is 11.8 Å². The lowest BCUT2D eigenvalue weighted by molar-refractivity contribution is -0.113. The Hall–Kier alpha value is -1.57. The first kappa shape index (κ1) is 21.7. The summed E-state index contributed by atoms with van der Waals surface area (Å²) in [7, 11) is 0. The van der Waals surface area contributed by atoms with Crippen molar-refractivity contribution in [2.45, 2.75) is 104 Å². The van der Waals surface area contributed by atoms with Gasteiger partial charge >= 0.3 is 0 Å². The molecule has 0 radical (unpaired) electrons. The highest BCUT2D eigenvalue weighted by atomic mass is 16.1. The van der Waals surface area contributed by atoms with Gasteiger partial charge in [-0.2, -0.15) is 0 Å². The van der Waals surface area contributed by atoms with Crippen molar-refractivity contribution in [3.8, 4) is 0 Å². The van der Waals surface area contributed by atoms with E-state index in [1.54, 1.807) is 0 Å². The van der Waals surface area contributed by atoms with E-state index in [0.717, 1.165) is 30.5 Å². The molecule has 0 aliphatic heterocycles. The minimum atomic E-state index is 0.113. The number of amides is 1. The average Bonchev–Trinajstić information content (AvgIpc) is 2.61. The molecule has 0 saturated heterocycles. The van der Waals surface area contributed by atoms with E-state index in [2.05, 4.69) is 57.3 Å². The molecule has 0 saturated carbocycles. The van der Waals surface area contributed by atoms with Crippen molar-refractivity contribution >= 4 is 11.6 Å². The van der Waals surface area contributed by atoms with Crippen LogP contribution in [0.2, 0.25) is 0 Å². The Kier molecular flexibility index (Phi) is 9.10. The largest absolute Gasteiger partial charge is 0.322 e. The van der Waals surface area contributed by atoms with E-state index in [1.165, 1.54) is 56.1 Å². The van der Waals surface area contributed by atoms with Gasteiger partial charge in [0.2, 0.25) is 0 Å². The van der Waals surface area contributed by atoms with Crippen LogP contribution in [0.25, 0.3) is 0 Å². The van der Waals surface area contributed by atoms with E-state index in [1.807, 2.05) is 0 Å². The van der Waals surface area contributed by atoms with Gasteiger partial charge in [-0.25, -0.2) is 0 Å². The molecule has 0 heterocycles. The summed E-state index contributed by atoms with van der Waals surface area (Å²) in [5, 5.41) is 3.32. The van der Waals surface area contributed by atoms with Crippen LogP contribution in [0.15, 0.2) is 29.8 Å². The third-order valence-electron chi connectivity index (χ3n) is 5.69. The smallest absolute Gasteiger partial charge is 0.251 e. The average molecular weight is 370 g/mol. The second kappa shape index (κ2) is 11.3. The third kappa shape index (κ3) is 6.83. The minimum Gasteiger partial charge on any atom is -0.322 e. The maximum absolute atomic E-state index is 13.2. The Morgan fingerprint density at radius 2 is 1.33 bits per heavy atom. The highest BCUT2D eigenvalue weighted by Gasteiger charge is 2.18. The number of hydrogen-bond donors (Lipinski definition) is 1. The number of benzene rings is 1. The van der Waals surface area contributed by atoms with Gasteiger partial charge in [-0.05, 0) is 48.6 Å². The van der Waals surface area contributed by atoms with Gasteiger partial charge in [0, 0.05) is 11.3 Å². The van der Waals surface area contributed by atoms with Crippen LogP contribution in [0, 0.1) is 0 Å². The van der Waals surface area contributed by atoms with Gasteiger partial charge in [0.25, 0.3) is 5.91 Å². The van der Waals surface area contributed by atoms with Crippen LogP contribution >= 0.6 is 0 Å². The lowest BCUT2D eigenvalue weighted by Crippen LogP contribution is -2.18. The maximum Gasteiger partial charge on any atom is 0.251 e. The lowest BCUT2D eigenvalue weighted by atomic mass is 9.92. The lowest BCUT2D eigenvalue weighted by Gasteiger charge is -2.21. The number of anilines is 1. The van der Waals surface area contributed by atoms with Crippen LogP contribution in [0.1, 0.15) is 115 Å². The third-order valence-corrected chi connectivity index (χ3v) is 5.69. The molecular formula is C25H39NO. The molecule has 2 rings (SSSR count). The first-order valence-corrected chi connectivity index (χ1v) is 11.1. The van der Waals surface area contributed by atoms with Gasteiger partial charge in [-0.15, -0.1) is 0 Å². The predicted octanol–water partition coefficient (Wildman–Crippen LogP) is 7.71. The number of carbonyl (C=O) groups is 1. The maximum atomic E-state index is 13.2. The van der Waals surface area contributed by atoms with Crippen LogP contribution in [-0.2, 0) is 4.79 Å². The van der Waals surface area contributed by atoms with E-state index in [4.69, 9.17) is 0 Å². The molecule has 1 N–H and O–H groups in total. The van der Waals surface area contributed by atoms with Crippen LogP contribution in [0.3, 0.4) is 0 Å². The summed E-state index contributed by atoms with van der Waals surface area (Å²) in [4.78, 5) is 13.2. The summed E-state index contributed by atoms with van der Waals surface area (Å²) in [6.45, 7) is 8.79. The van der Waals surface area contributed by atoms with Gasteiger partial charge < -0.3 is 5.32 Å². The first-order valence-electron chi connectivity index (χ1n) is 11.1. The van der Waals surface area contributed by atoms with Crippen molar-refractivity contribution in [3.63, 3.8) is 0 Å². The van der Waals surface area contributed by atoms with E-state index in [9.17, 15) is 4.79 Å². The molecule has 1 aromatic rings. The second-order valence-corrected chi connectivity index (χ2v) is 8.67. The van der Waals surface area contributed by atoms with Crippen molar-refractivity contribution in [2.75, 3.05) is 5.32 Å². The Bertz CT molecular complexity index is 601.